The van der Waals surface area contributed by atoms with E-state index in [4.69, 9.17) is 9.84 Å². The Morgan fingerprint density at radius 3 is 2.76 bits per heavy atom. The first-order chi connectivity index (χ1) is 10.1. The molecule has 0 aliphatic rings. The van der Waals surface area contributed by atoms with E-state index in [-0.39, 0.29) is 12.3 Å². The predicted molar refractivity (Wildman–Crippen MR) is 79.4 cm³/mol. The molecule has 2 N–H and O–H groups in total. The van der Waals surface area contributed by atoms with Crippen molar-refractivity contribution in [1.82, 2.24) is 9.88 Å². The van der Waals surface area contributed by atoms with Crippen LogP contribution in [0.5, 0.6) is 0 Å². The molecule has 0 aromatic carbocycles. The zero-order valence-electron chi connectivity index (χ0n) is 12.5. The van der Waals surface area contributed by atoms with Crippen LogP contribution in [0.2, 0.25) is 0 Å². The molecule has 6 nitrogen and oxygen atoms in total. The van der Waals surface area contributed by atoms with Crippen LogP contribution in [0.4, 0.5) is 0 Å². The average molecular weight is 296 g/mol. The number of carbonyl (C=O) groups excluding carboxylic acids is 1. The fraction of sp³-hybridized carbons (Fsp3) is 0.600. The minimum absolute atomic E-state index is 0.0818. The first kappa shape index (κ1) is 17.2. The molecule has 1 heterocycles. The number of aliphatic carboxylic acids is 1. The number of carbonyl (C=O) groups is 2. The van der Waals surface area contributed by atoms with E-state index in [1.165, 1.54) is 0 Å². The van der Waals surface area contributed by atoms with Gasteiger partial charge in [-0.2, -0.15) is 0 Å². The summed E-state index contributed by atoms with van der Waals surface area (Å²) in [7, 11) is 1.63. The van der Waals surface area contributed by atoms with Gasteiger partial charge in [0.05, 0.1) is 6.61 Å². The molecule has 0 spiro atoms. The molecule has 1 rings (SSSR count). The minimum atomic E-state index is -0.750. The van der Waals surface area contributed by atoms with Gasteiger partial charge >= 0.3 is 5.97 Å². The first-order valence-electron chi connectivity index (χ1n) is 7.29. The number of amides is 1. The van der Waals surface area contributed by atoms with Crippen molar-refractivity contribution in [3.05, 3.63) is 24.0 Å². The summed E-state index contributed by atoms with van der Waals surface area (Å²) in [6.45, 7) is 1.83. The van der Waals surface area contributed by atoms with Crippen molar-refractivity contribution < 1.29 is 19.4 Å². The molecule has 0 saturated heterocycles. The number of ether oxygens (including phenoxy) is 1. The van der Waals surface area contributed by atoms with Crippen molar-refractivity contribution >= 4 is 11.9 Å². The molecule has 0 unspecified atom stereocenters. The summed E-state index contributed by atoms with van der Waals surface area (Å²) in [5.41, 5.74) is 0.637. The number of hydrogen-bond donors (Lipinski definition) is 2. The zero-order chi connectivity index (χ0) is 15.5. The Morgan fingerprint density at radius 2 is 2.05 bits per heavy atom. The summed E-state index contributed by atoms with van der Waals surface area (Å²) in [5.74, 6) is -0.832. The number of carboxylic acid groups (broad SMARTS) is 1. The third-order valence-corrected chi connectivity index (χ3v) is 3.20. The quantitative estimate of drug-likeness (QED) is 0.611. The lowest BCUT2D eigenvalue weighted by Crippen LogP contribution is -2.27. The van der Waals surface area contributed by atoms with Crippen LogP contribution in [-0.4, -0.2) is 41.8 Å². The lowest BCUT2D eigenvalue weighted by molar-refractivity contribution is -0.137. The van der Waals surface area contributed by atoms with Crippen molar-refractivity contribution in [1.29, 1.82) is 0 Å². The number of hydrogen-bond acceptors (Lipinski definition) is 3. The van der Waals surface area contributed by atoms with Gasteiger partial charge in [-0.05, 0) is 25.0 Å². The molecular formula is C15H24N2O4. The van der Waals surface area contributed by atoms with Crippen LogP contribution in [-0.2, 0) is 16.1 Å². The van der Waals surface area contributed by atoms with Crippen LogP contribution in [0.1, 0.15) is 42.6 Å². The largest absolute Gasteiger partial charge is 0.481 e. The third kappa shape index (κ3) is 6.94. The van der Waals surface area contributed by atoms with Gasteiger partial charge in [-0.25, -0.2) is 0 Å². The second kappa shape index (κ2) is 9.99. The third-order valence-electron chi connectivity index (χ3n) is 3.20. The van der Waals surface area contributed by atoms with Gasteiger partial charge in [-0.1, -0.05) is 12.8 Å². The first-order valence-corrected chi connectivity index (χ1v) is 7.29. The molecule has 0 bridgehead atoms. The summed E-state index contributed by atoms with van der Waals surface area (Å²) in [5, 5.41) is 11.4. The molecule has 0 aliphatic heterocycles. The second-order valence-corrected chi connectivity index (χ2v) is 4.89. The highest BCUT2D eigenvalue weighted by Crippen LogP contribution is 2.04. The highest BCUT2D eigenvalue weighted by Gasteiger charge is 2.09. The van der Waals surface area contributed by atoms with Crippen LogP contribution in [0, 0.1) is 0 Å². The highest BCUT2D eigenvalue weighted by molar-refractivity contribution is 5.92. The average Bonchev–Trinajstić information content (AvgIpc) is 2.92. The summed E-state index contributed by atoms with van der Waals surface area (Å²) in [6, 6.07) is 3.63. The van der Waals surface area contributed by atoms with Gasteiger partial charge in [0, 0.05) is 32.8 Å². The number of nitrogens with one attached hydrogen (secondary N) is 1. The molecule has 0 radical (unpaired) electrons. The Morgan fingerprint density at radius 1 is 1.29 bits per heavy atom. The SMILES string of the molecule is COCCn1cccc1C(=O)NCCCCCCC(=O)O. The van der Waals surface area contributed by atoms with Gasteiger partial charge < -0.3 is 19.7 Å². The van der Waals surface area contributed by atoms with E-state index in [0.717, 1.165) is 19.3 Å². The standard InChI is InChI=1S/C15H24N2O4/c1-21-12-11-17-10-6-7-13(17)15(20)16-9-5-3-2-4-8-14(18)19/h6-7,10H,2-5,8-9,11-12H2,1H3,(H,16,20)(H,18,19). The van der Waals surface area contributed by atoms with Crippen molar-refractivity contribution in [2.75, 3.05) is 20.3 Å². The lowest BCUT2D eigenvalue weighted by Gasteiger charge is -2.09. The van der Waals surface area contributed by atoms with Gasteiger partial charge in [-0.3, -0.25) is 9.59 Å². The van der Waals surface area contributed by atoms with Crippen LogP contribution < -0.4 is 5.32 Å². The van der Waals surface area contributed by atoms with Crippen LogP contribution in [0.3, 0.4) is 0 Å². The Bertz CT molecular complexity index is 443. The Labute approximate surface area is 125 Å². The Hall–Kier alpha value is -1.82. The minimum Gasteiger partial charge on any atom is -0.481 e. The van der Waals surface area contributed by atoms with E-state index in [0.29, 0.717) is 31.8 Å². The number of carboxylic acids is 1. The van der Waals surface area contributed by atoms with Crippen molar-refractivity contribution in [2.45, 2.75) is 38.6 Å². The number of methoxy groups -OCH3 is 1. The van der Waals surface area contributed by atoms with E-state index >= 15 is 0 Å². The number of nitrogens with zero attached hydrogens (tertiary/aromatic N) is 1. The fourth-order valence-electron chi connectivity index (χ4n) is 2.05. The summed E-state index contributed by atoms with van der Waals surface area (Å²) in [4.78, 5) is 22.4. The molecule has 0 fully saturated rings. The van der Waals surface area contributed by atoms with Crippen LogP contribution in [0.15, 0.2) is 18.3 Å². The van der Waals surface area contributed by atoms with E-state index < -0.39 is 5.97 Å². The summed E-state index contributed by atoms with van der Waals surface area (Å²) < 4.78 is 6.88. The summed E-state index contributed by atoms with van der Waals surface area (Å²) >= 11 is 0. The maximum absolute atomic E-state index is 12.0. The van der Waals surface area contributed by atoms with E-state index in [1.807, 2.05) is 16.8 Å². The molecule has 1 amide bonds. The van der Waals surface area contributed by atoms with E-state index in [9.17, 15) is 9.59 Å². The van der Waals surface area contributed by atoms with Crippen molar-refractivity contribution in [3.8, 4) is 0 Å². The normalized spacial score (nSPS) is 10.5. The zero-order valence-corrected chi connectivity index (χ0v) is 12.5. The molecule has 21 heavy (non-hydrogen) atoms. The molecule has 1 aromatic rings. The van der Waals surface area contributed by atoms with Crippen LogP contribution in [0.25, 0.3) is 0 Å². The monoisotopic (exact) mass is 296 g/mol. The van der Waals surface area contributed by atoms with E-state index in [2.05, 4.69) is 5.32 Å². The van der Waals surface area contributed by atoms with Gasteiger partial charge in [0.1, 0.15) is 5.69 Å². The fourth-order valence-corrected chi connectivity index (χ4v) is 2.05. The molecule has 1 aromatic heterocycles. The van der Waals surface area contributed by atoms with Crippen molar-refractivity contribution in [3.63, 3.8) is 0 Å². The summed E-state index contributed by atoms with van der Waals surface area (Å²) in [6.07, 6.45) is 5.46. The van der Waals surface area contributed by atoms with Gasteiger partial charge in [0.15, 0.2) is 0 Å². The van der Waals surface area contributed by atoms with Gasteiger partial charge in [0.25, 0.3) is 5.91 Å². The molecular weight excluding hydrogens is 272 g/mol. The molecule has 0 saturated carbocycles. The maximum Gasteiger partial charge on any atom is 0.303 e. The number of rotatable bonds is 11. The molecule has 6 heteroatoms. The lowest BCUT2D eigenvalue weighted by atomic mass is 10.1. The highest BCUT2D eigenvalue weighted by atomic mass is 16.5. The molecule has 118 valence electrons. The smallest absolute Gasteiger partial charge is 0.303 e. The Balaban J connectivity index is 2.19. The Kier molecular flexibility index (Phi) is 8.19. The molecule has 0 aliphatic carbocycles. The van der Waals surface area contributed by atoms with Gasteiger partial charge in [-0.15, -0.1) is 0 Å². The predicted octanol–water partition coefficient (Wildman–Crippen LogP) is 1.90. The number of unbranched alkanes of at least 4 members (excludes halogenated alkanes) is 3. The van der Waals surface area contributed by atoms with Crippen LogP contribution >= 0.6 is 0 Å². The topological polar surface area (TPSA) is 80.6 Å². The van der Waals surface area contributed by atoms with Gasteiger partial charge in [0.2, 0.25) is 0 Å². The van der Waals surface area contributed by atoms with E-state index in [1.54, 1.807) is 13.2 Å². The molecule has 0 atom stereocenters. The maximum atomic E-state index is 12.0. The van der Waals surface area contributed by atoms with Crippen molar-refractivity contribution in [2.24, 2.45) is 0 Å². The number of aromatic nitrogens is 1. The second-order valence-electron chi connectivity index (χ2n) is 4.89.